The molecule has 202 valence electrons. The van der Waals surface area contributed by atoms with Crippen molar-refractivity contribution in [3.05, 3.63) is 89.5 Å². The number of amides is 1. The number of aryl methyl sites for hydroxylation is 2. The summed E-state index contributed by atoms with van der Waals surface area (Å²) in [6.07, 6.45) is 1.93. The van der Waals surface area contributed by atoms with E-state index in [0.717, 1.165) is 74.7 Å². The van der Waals surface area contributed by atoms with E-state index in [1.165, 1.54) is 28.9 Å². The van der Waals surface area contributed by atoms with Crippen LogP contribution in [0.2, 0.25) is 0 Å². The largest absolute Gasteiger partial charge is 0.368 e. The molecule has 6 rings (SSSR count). The van der Waals surface area contributed by atoms with Crippen LogP contribution < -0.4 is 4.90 Å². The summed E-state index contributed by atoms with van der Waals surface area (Å²) in [5.41, 5.74) is 6.66. The summed E-state index contributed by atoms with van der Waals surface area (Å²) in [6.45, 7) is 9.89. The number of hydrogen-bond donors (Lipinski definition) is 0. The number of carbonyl (C=O) groups excluding carboxylic acids is 1. The van der Waals surface area contributed by atoms with Gasteiger partial charge in [-0.15, -0.1) is 0 Å². The van der Waals surface area contributed by atoms with Crippen LogP contribution in [0, 0.1) is 25.6 Å². The number of piperazine rings is 1. The predicted octanol–water partition coefficient (Wildman–Crippen LogP) is 5.34. The van der Waals surface area contributed by atoms with Crippen LogP contribution in [0.5, 0.6) is 0 Å². The highest BCUT2D eigenvalue weighted by atomic mass is 19.1. The van der Waals surface area contributed by atoms with Gasteiger partial charge in [-0.2, -0.15) is 0 Å². The van der Waals surface area contributed by atoms with Gasteiger partial charge in [-0.25, -0.2) is 9.37 Å². The zero-order valence-corrected chi connectivity index (χ0v) is 22.8. The first-order valence-electron chi connectivity index (χ1n) is 14.0. The molecular weight excluding hydrogens is 489 g/mol. The Morgan fingerprint density at radius 2 is 1.72 bits per heavy atom. The van der Waals surface area contributed by atoms with Crippen LogP contribution in [0.15, 0.2) is 66.7 Å². The van der Waals surface area contributed by atoms with Crippen molar-refractivity contribution in [3.63, 3.8) is 0 Å². The highest BCUT2D eigenvalue weighted by Crippen LogP contribution is 2.27. The lowest BCUT2D eigenvalue weighted by Gasteiger charge is -2.40. The van der Waals surface area contributed by atoms with Crippen LogP contribution >= 0.6 is 0 Å². The lowest BCUT2D eigenvalue weighted by molar-refractivity contribution is -0.137. The third-order valence-corrected chi connectivity index (χ3v) is 8.23. The van der Waals surface area contributed by atoms with Crippen LogP contribution in [0.1, 0.15) is 29.8 Å². The first-order chi connectivity index (χ1) is 19.0. The number of aromatic nitrogens is 2. The fourth-order valence-corrected chi connectivity index (χ4v) is 6.15. The Labute approximate surface area is 229 Å². The molecule has 2 saturated heterocycles. The average molecular weight is 526 g/mol. The Balaban J connectivity index is 1.14. The summed E-state index contributed by atoms with van der Waals surface area (Å²) in [5, 5.41) is 0. The molecule has 3 heterocycles. The number of rotatable bonds is 5. The minimum atomic E-state index is -0.253. The maximum absolute atomic E-state index is 13.7. The monoisotopic (exact) mass is 525 g/mol. The number of anilines is 1. The molecule has 4 aromatic rings. The van der Waals surface area contributed by atoms with Crippen molar-refractivity contribution in [1.29, 1.82) is 0 Å². The minimum absolute atomic E-state index is 0.00894. The van der Waals surface area contributed by atoms with Gasteiger partial charge in [0, 0.05) is 44.1 Å². The average Bonchev–Trinajstić information content (AvgIpc) is 3.32. The van der Waals surface area contributed by atoms with E-state index in [2.05, 4.69) is 57.4 Å². The van der Waals surface area contributed by atoms with Crippen molar-refractivity contribution < 1.29 is 9.18 Å². The Hall–Kier alpha value is -3.71. The highest BCUT2D eigenvalue weighted by Gasteiger charge is 2.32. The fourth-order valence-electron chi connectivity index (χ4n) is 6.15. The minimum Gasteiger partial charge on any atom is -0.368 e. The van der Waals surface area contributed by atoms with Crippen LogP contribution in [0.3, 0.4) is 0 Å². The standard InChI is InChI=1S/C32H36FN5O/c1-23-9-10-24(2)30(20-23)36-16-18-37(19-17-36)32(39)25-6-5-15-35(21-25)22-31-34-28-7-3-4-8-29(28)38(31)27-13-11-26(33)12-14-27/h3-4,7-14,20,25H,5-6,15-19,21-22H2,1-2H3/t25-/m1/s1. The maximum Gasteiger partial charge on any atom is 0.227 e. The molecule has 6 nitrogen and oxygen atoms in total. The second kappa shape index (κ2) is 10.8. The summed E-state index contributed by atoms with van der Waals surface area (Å²) in [6, 6.07) is 21.2. The molecule has 0 bridgehead atoms. The maximum atomic E-state index is 13.7. The molecule has 2 aliphatic rings. The topological polar surface area (TPSA) is 44.6 Å². The van der Waals surface area contributed by atoms with E-state index in [1.807, 2.05) is 18.2 Å². The molecular formula is C32H36FN5O. The second-order valence-electron chi connectivity index (χ2n) is 11.0. The molecule has 3 aromatic carbocycles. The predicted molar refractivity (Wildman–Crippen MR) is 154 cm³/mol. The second-order valence-corrected chi connectivity index (χ2v) is 11.0. The molecule has 1 atom stereocenters. The van der Waals surface area contributed by atoms with Crippen molar-refractivity contribution in [2.45, 2.75) is 33.2 Å². The van der Waals surface area contributed by atoms with E-state index in [-0.39, 0.29) is 17.6 Å². The van der Waals surface area contributed by atoms with Crippen molar-refractivity contribution in [2.75, 3.05) is 44.2 Å². The highest BCUT2D eigenvalue weighted by molar-refractivity contribution is 5.80. The molecule has 0 saturated carbocycles. The lowest BCUT2D eigenvalue weighted by Crippen LogP contribution is -2.52. The number of fused-ring (bicyclic) bond motifs is 1. The number of halogens is 1. The molecule has 0 unspecified atom stereocenters. The zero-order chi connectivity index (χ0) is 26.9. The van der Waals surface area contributed by atoms with E-state index in [9.17, 15) is 9.18 Å². The van der Waals surface area contributed by atoms with Gasteiger partial charge in [0.05, 0.1) is 23.5 Å². The SMILES string of the molecule is Cc1ccc(C)c(N2CCN(C(=O)[C@@H]3CCCN(Cc4nc5ccccc5n4-c4ccc(F)cc4)C3)CC2)c1. The number of para-hydroxylation sites is 2. The Kier molecular flexibility index (Phi) is 7.09. The summed E-state index contributed by atoms with van der Waals surface area (Å²) in [4.78, 5) is 25.4. The normalized spacial score (nSPS) is 18.6. The molecule has 0 radical (unpaired) electrons. The smallest absolute Gasteiger partial charge is 0.227 e. The molecule has 1 amide bonds. The molecule has 1 aromatic heterocycles. The van der Waals surface area contributed by atoms with Crippen molar-refractivity contribution in [2.24, 2.45) is 5.92 Å². The zero-order valence-electron chi connectivity index (χ0n) is 22.8. The van der Waals surface area contributed by atoms with Gasteiger partial charge in [0.2, 0.25) is 5.91 Å². The van der Waals surface area contributed by atoms with Crippen LogP contribution in [0.25, 0.3) is 16.7 Å². The van der Waals surface area contributed by atoms with Crippen LogP contribution in [0.4, 0.5) is 10.1 Å². The van der Waals surface area contributed by atoms with Crippen molar-refractivity contribution in [3.8, 4) is 5.69 Å². The Morgan fingerprint density at radius 1 is 0.949 bits per heavy atom. The Bertz CT molecular complexity index is 1470. The molecule has 0 spiro atoms. The molecule has 2 fully saturated rings. The number of piperidine rings is 1. The first kappa shape index (κ1) is 25.6. The molecule has 7 heteroatoms. The number of carbonyl (C=O) groups is 1. The van der Waals surface area contributed by atoms with E-state index >= 15 is 0 Å². The first-order valence-corrected chi connectivity index (χ1v) is 14.0. The third-order valence-electron chi connectivity index (χ3n) is 8.23. The third kappa shape index (κ3) is 5.28. The van der Waals surface area contributed by atoms with Gasteiger partial charge in [-0.05, 0) is 86.8 Å². The van der Waals surface area contributed by atoms with Crippen molar-refractivity contribution in [1.82, 2.24) is 19.4 Å². The number of hydrogen-bond acceptors (Lipinski definition) is 4. The van der Waals surface area contributed by atoms with Crippen LogP contribution in [-0.2, 0) is 11.3 Å². The molecule has 39 heavy (non-hydrogen) atoms. The summed E-state index contributed by atoms with van der Waals surface area (Å²) in [5.74, 6) is 0.956. The van der Waals surface area contributed by atoms with Gasteiger partial charge in [0.15, 0.2) is 0 Å². The summed E-state index contributed by atoms with van der Waals surface area (Å²) < 4.78 is 15.8. The number of imidazole rings is 1. The van der Waals surface area contributed by atoms with Crippen LogP contribution in [-0.4, -0.2) is 64.5 Å². The molecule has 2 aliphatic heterocycles. The fraction of sp³-hybridized carbons (Fsp3) is 0.375. The van der Waals surface area contributed by atoms with Gasteiger partial charge < -0.3 is 9.80 Å². The van der Waals surface area contributed by atoms with Gasteiger partial charge in [0.25, 0.3) is 0 Å². The van der Waals surface area contributed by atoms with Gasteiger partial charge in [-0.1, -0.05) is 24.3 Å². The number of benzene rings is 3. The number of likely N-dealkylation sites (tertiary alicyclic amines) is 1. The number of nitrogens with zero attached hydrogens (tertiary/aromatic N) is 5. The summed E-state index contributed by atoms with van der Waals surface area (Å²) >= 11 is 0. The van der Waals surface area contributed by atoms with Gasteiger partial charge in [-0.3, -0.25) is 14.3 Å². The lowest BCUT2D eigenvalue weighted by atomic mass is 9.96. The van der Waals surface area contributed by atoms with E-state index in [0.29, 0.717) is 6.54 Å². The van der Waals surface area contributed by atoms with E-state index in [4.69, 9.17) is 4.98 Å². The van der Waals surface area contributed by atoms with E-state index < -0.39 is 0 Å². The van der Waals surface area contributed by atoms with Gasteiger partial charge in [0.1, 0.15) is 11.6 Å². The van der Waals surface area contributed by atoms with E-state index in [1.54, 1.807) is 12.1 Å². The quantitative estimate of drug-likeness (QED) is 0.353. The molecule has 0 N–H and O–H groups in total. The summed E-state index contributed by atoms with van der Waals surface area (Å²) in [7, 11) is 0. The molecule has 0 aliphatic carbocycles. The van der Waals surface area contributed by atoms with Crippen molar-refractivity contribution >= 4 is 22.6 Å². The van der Waals surface area contributed by atoms with Gasteiger partial charge >= 0.3 is 0 Å². The Morgan fingerprint density at radius 3 is 2.51 bits per heavy atom.